The molecule has 0 fully saturated rings. The van der Waals surface area contributed by atoms with Crippen molar-refractivity contribution in [2.24, 2.45) is 0 Å². The summed E-state index contributed by atoms with van der Waals surface area (Å²) in [7, 11) is 0. The van der Waals surface area contributed by atoms with Crippen LogP contribution in [0.3, 0.4) is 0 Å². The Morgan fingerprint density at radius 2 is 1.77 bits per heavy atom. The van der Waals surface area contributed by atoms with E-state index in [1.165, 1.54) is 6.07 Å². The van der Waals surface area contributed by atoms with Gasteiger partial charge in [0.15, 0.2) is 0 Å². The molecular formula is C31H32N4O5. The van der Waals surface area contributed by atoms with Crippen LogP contribution in [0.25, 0.3) is 0 Å². The summed E-state index contributed by atoms with van der Waals surface area (Å²) in [6.45, 7) is 8.56. The Balaban J connectivity index is 1.77. The first-order chi connectivity index (χ1) is 19.1. The minimum atomic E-state index is -0.643. The van der Waals surface area contributed by atoms with E-state index in [4.69, 9.17) is 4.74 Å². The second-order valence-electron chi connectivity index (χ2n) is 10.3. The monoisotopic (exact) mass is 540 g/mol. The summed E-state index contributed by atoms with van der Waals surface area (Å²) >= 11 is 0. The Morgan fingerprint density at radius 3 is 2.42 bits per heavy atom. The lowest BCUT2D eigenvalue weighted by Crippen LogP contribution is -2.43. The molecule has 0 saturated heterocycles. The zero-order valence-corrected chi connectivity index (χ0v) is 23.1. The number of benzene rings is 2. The Kier molecular flexibility index (Phi) is 8.19. The molecule has 0 atom stereocenters. The third-order valence-electron chi connectivity index (χ3n) is 7.38. The van der Waals surface area contributed by atoms with Gasteiger partial charge in [-0.3, -0.25) is 24.6 Å². The minimum Gasteiger partial charge on any atom is -0.492 e. The topological polar surface area (TPSA) is 117 Å². The van der Waals surface area contributed by atoms with Gasteiger partial charge in [0.25, 0.3) is 17.5 Å². The van der Waals surface area contributed by atoms with Crippen molar-refractivity contribution in [3.63, 3.8) is 0 Å². The normalized spacial score (nSPS) is 18.4. The number of ether oxygens (including phenoxy) is 1. The SMILES string of the molecule is CCCCN1C(=O)C(C#N)=C(C)/C(=C/C=C2/N(CCOc3ccccc3)c3ccc([N+](=O)[O-])cc3C2(C)C)C1=O. The average Bonchev–Trinajstić information content (AvgIpc) is 3.14. The highest BCUT2D eigenvalue weighted by molar-refractivity contribution is 6.18. The van der Waals surface area contributed by atoms with Crippen molar-refractivity contribution in [3.05, 3.63) is 98.8 Å². The van der Waals surface area contributed by atoms with E-state index in [0.29, 0.717) is 25.1 Å². The maximum atomic E-state index is 13.4. The van der Waals surface area contributed by atoms with E-state index < -0.39 is 22.2 Å². The molecule has 2 aromatic rings. The predicted octanol–water partition coefficient (Wildman–Crippen LogP) is 5.59. The Morgan fingerprint density at radius 1 is 1.05 bits per heavy atom. The molecule has 0 radical (unpaired) electrons. The van der Waals surface area contributed by atoms with E-state index >= 15 is 0 Å². The summed E-state index contributed by atoms with van der Waals surface area (Å²) in [5, 5.41) is 21.2. The molecule has 2 aliphatic rings. The fourth-order valence-electron chi connectivity index (χ4n) is 5.13. The number of nitrogens with zero attached hydrogens (tertiary/aromatic N) is 4. The third-order valence-corrected chi connectivity index (χ3v) is 7.38. The summed E-state index contributed by atoms with van der Waals surface area (Å²) < 4.78 is 5.95. The van der Waals surface area contributed by atoms with Crippen LogP contribution >= 0.6 is 0 Å². The van der Waals surface area contributed by atoms with Gasteiger partial charge < -0.3 is 9.64 Å². The van der Waals surface area contributed by atoms with Gasteiger partial charge in [-0.05, 0) is 54.8 Å². The first kappa shape index (κ1) is 28.3. The summed E-state index contributed by atoms with van der Waals surface area (Å²) in [5.74, 6) is -0.273. The van der Waals surface area contributed by atoms with E-state index in [-0.39, 0.29) is 23.4 Å². The number of rotatable bonds is 9. The Labute approximate surface area is 233 Å². The zero-order chi connectivity index (χ0) is 29.0. The van der Waals surface area contributed by atoms with Crippen molar-refractivity contribution in [2.75, 3.05) is 24.6 Å². The summed E-state index contributed by atoms with van der Waals surface area (Å²) in [5.41, 5.74) is 2.33. The van der Waals surface area contributed by atoms with Crippen LogP contribution in [0.4, 0.5) is 11.4 Å². The van der Waals surface area contributed by atoms with E-state index in [0.717, 1.165) is 34.0 Å². The lowest BCUT2D eigenvalue weighted by Gasteiger charge is -2.28. The number of carbonyl (C=O) groups excluding carboxylic acids is 2. The number of non-ortho nitro benzene ring substituents is 1. The van der Waals surface area contributed by atoms with Crippen molar-refractivity contribution < 1.29 is 19.2 Å². The fourth-order valence-corrected chi connectivity index (χ4v) is 5.13. The number of para-hydroxylation sites is 1. The molecule has 9 nitrogen and oxygen atoms in total. The van der Waals surface area contributed by atoms with Crippen LogP contribution in [0.15, 0.2) is 83.1 Å². The van der Waals surface area contributed by atoms with Crippen molar-refractivity contribution in [1.82, 2.24) is 4.90 Å². The molecule has 0 saturated carbocycles. The standard InChI is InChI=1S/C31H32N4O5/c1-5-6-16-34-29(36)24(21(2)25(20-32)30(34)37)13-15-28-31(3,4)26-19-22(35(38)39)12-14-27(26)33(28)17-18-40-23-10-8-7-9-11-23/h7-15,19H,5-6,16-18H2,1-4H3/b24-13-,28-15+. The lowest BCUT2D eigenvalue weighted by molar-refractivity contribution is -0.384. The summed E-state index contributed by atoms with van der Waals surface area (Å²) in [4.78, 5) is 40.5. The van der Waals surface area contributed by atoms with Crippen LogP contribution < -0.4 is 9.64 Å². The van der Waals surface area contributed by atoms with Crippen LogP contribution in [-0.4, -0.2) is 41.3 Å². The van der Waals surface area contributed by atoms with Crippen LogP contribution in [0.5, 0.6) is 5.75 Å². The molecule has 9 heteroatoms. The number of nitro benzene ring substituents is 1. The Bertz CT molecular complexity index is 1480. The van der Waals surface area contributed by atoms with E-state index in [1.54, 1.807) is 25.1 Å². The molecule has 0 spiro atoms. The maximum absolute atomic E-state index is 13.4. The summed E-state index contributed by atoms with van der Waals surface area (Å²) in [6.07, 6.45) is 4.90. The van der Waals surface area contributed by atoms with Gasteiger partial charge in [-0.2, -0.15) is 5.26 Å². The Hall–Kier alpha value is -4.71. The predicted molar refractivity (Wildman–Crippen MR) is 152 cm³/mol. The van der Waals surface area contributed by atoms with Crippen LogP contribution in [-0.2, 0) is 15.0 Å². The highest BCUT2D eigenvalue weighted by atomic mass is 16.6. The first-order valence-electron chi connectivity index (χ1n) is 13.3. The van der Waals surface area contributed by atoms with Crippen molar-refractivity contribution in [3.8, 4) is 11.8 Å². The average molecular weight is 541 g/mol. The van der Waals surface area contributed by atoms with Gasteiger partial charge >= 0.3 is 0 Å². The largest absolute Gasteiger partial charge is 0.492 e. The number of nitro groups is 1. The number of anilines is 1. The maximum Gasteiger partial charge on any atom is 0.271 e. The number of hydrogen-bond acceptors (Lipinski definition) is 7. The molecule has 0 bridgehead atoms. The van der Waals surface area contributed by atoms with Crippen molar-refractivity contribution >= 4 is 23.2 Å². The fraction of sp³-hybridized carbons (Fsp3) is 0.323. The molecule has 0 unspecified atom stereocenters. The number of amides is 2. The van der Waals surface area contributed by atoms with Gasteiger partial charge in [0.05, 0.1) is 11.5 Å². The van der Waals surface area contributed by atoms with Crippen molar-refractivity contribution in [2.45, 2.75) is 46.0 Å². The number of allylic oxidation sites excluding steroid dienone is 3. The number of carbonyl (C=O) groups is 2. The molecular weight excluding hydrogens is 508 g/mol. The van der Waals surface area contributed by atoms with Gasteiger partial charge in [-0.25, -0.2) is 0 Å². The second kappa shape index (κ2) is 11.6. The minimum absolute atomic E-state index is 0.00288. The molecule has 0 N–H and O–H groups in total. The lowest BCUT2D eigenvalue weighted by atomic mass is 9.83. The molecule has 2 amide bonds. The van der Waals surface area contributed by atoms with Crippen LogP contribution in [0.2, 0.25) is 0 Å². The zero-order valence-electron chi connectivity index (χ0n) is 23.1. The smallest absolute Gasteiger partial charge is 0.271 e. The number of hydrogen-bond donors (Lipinski definition) is 0. The summed E-state index contributed by atoms with van der Waals surface area (Å²) in [6, 6.07) is 16.2. The van der Waals surface area contributed by atoms with Gasteiger partial charge in [0.2, 0.25) is 0 Å². The first-order valence-corrected chi connectivity index (χ1v) is 13.3. The third kappa shape index (κ3) is 5.25. The molecule has 4 rings (SSSR count). The van der Waals surface area contributed by atoms with Crippen LogP contribution in [0.1, 0.15) is 46.1 Å². The van der Waals surface area contributed by atoms with E-state index in [2.05, 4.69) is 0 Å². The number of imide groups is 1. The van der Waals surface area contributed by atoms with E-state index in [9.17, 15) is 25.0 Å². The molecule has 2 aromatic carbocycles. The van der Waals surface area contributed by atoms with Gasteiger partial charge in [0.1, 0.15) is 24.0 Å². The second-order valence-corrected chi connectivity index (χ2v) is 10.3. The highest BCUT2D eigenvalue weighted by Gasteiger charge is 2.41. The van der Waals surface area contributed by atoms with Crippen LogP contribution in [0, 0.1) is 21.4 Å². The molecule has 40 heavy (non-hydrogen) atoms. The molecule has 0 aromatic heterocycles. The van der Waals surface area contributed by atoms with Crippen molar-refractivity contribution in [1.29, 1.82) is 5.26 Å². The number of fused-ring (bicyclic) bond motifs is 1. The van der Waals surface area contributed by atoms with Gasteiger partial charge in [-0.15, -0.1) is 0 Å². The van der Waals surface area contributed by atoms with Gasteiger partial charge in [-0.1, -0.05) is 45.4 Å². The highest BCUT2D eigenvalue weighted by Crippen LogP contribution is 2.49. The number of nitriles is 1. The number of unbranched alkanes of at least 4 members (excludes halogenated alkanes) is 1. The molecule has 2 heterocycles. The quantitative estimate of drug-likeness (QED) is 0.176. The van der Waals surface area contributed by atoms with E-state index in [1.807, 2.05) is 68.1 Å². The molecule has 206 valence electrons. The molecule has 0 aliphatic carbocycles. The molecule has 2 aliphatic heterocycles. The van der Waals surface area contributed by atoms with Gasteiger partial charge in [0, 0.05) is 41.1 Å².